The molecule has 19 heavy (non-hydrogen) atoms. The van der Waals surface area contributed by atoms with Crippen molar-refractivity contribution in [2.24, 2.45) is 0 Å². The van der Waals surface area contributed by atoms with Crippen LogP contribution in [-0.2, 0) is 10.0 Å². The van der Waals surface area contributed by atoms with Crippen molar-refractivity contribution in [1.29, 1.82) is 0 Å². The quantitative estimate of drug-likeness (QED) is 0.906. The lowest BCUT2D eigenvalue weighted by atomic mass is 10.1. The number of hydrogen-bond acceptors (Lipinski definition) is 3. The van der Waals surface area contributed by atoms with E-state index in [4.69, 9.17) is 0 Å². The van der Waals surface area contributed by atoms with E-state index in [-0.39, 0.29) is 15.4 Å². The average Bonchev–Trinajstić information content (AvgIpc) is 2.38. The number of nitrogens with one attached hydrogen (secondary N) is 1. The van der Waals surface area contributed by atoms with Gasteiger partial charge in [0.1, 0.15) is 5.82 Å². The summed E-state index contributed by atoms with van der Waals surface area (Å²) in [5.41, 5.74) is 0. The molecule has 1 heterocycles. The number of nitrogens with zero attached hydrogens (tertiary/aromatic N) is 1. The zero-order valence-electron chi connectivity index (χ0n) is 10.6. The van der Waals surface area contributed by atoms with Crippen LogP contribution in [0.1, 0.15) is 12.8 Å². The molecule has 0 bridgehead atoms. The summed E-state index contributed by atoms with van der Waals surface area (Å²) in [5.74, 6) is -0.463. The smallest absolute Gasteiger partial charge is 0.244 e. The molecule has 0 aromatic heterocycles. The summed E-state index contributed by atoms with van der Waals surface area (Å²) in [6.45, 7) is 1.63. The molecule has 2 rings (SSSR count). The molecule has 1 fully saturated rings. The Hall–Kier alpha value is -0.500. The summed E-state index contributed by atoms with van der Waals surface area (Å²) in [4.78, 5) is 0.106. The van der Waals surface area contributed by atoms with E-state index in [2.05, 4.69) is 21.2 Å². The molecule has 0 saturated carbocycles. The normalized spacial score (nSPS) is 17.9. The number of piperidine rings is 1. The molecule has 1 saturated heterocycles. The Labute approximate surface area is 121 Å². The first-order valence-electron chi connectivity index (χ1n) is 6.07. The number of rotatable bonds is 3. The summed E-state index contributed by atoms with van der Waals surface area (Å²) in [6, 6.07) is 3.62. The monoisotopic (exact) mass is 350 g/mol. The number of halogens is 2. The highest BCUT2D eigenvalue weighted by molar-refractivity contribution is 9.10. The second-order valence-corrected chi connectivity index (χ2v) is 7.40. The first-order valence-corrected chi connectivity index (χ1v) is 8.30. The van der Waals surface area contributed by atoms with Crippen LogP contribution < -0.4 is 5.32 Å². The molecule has 0 spiro atoms. The van der Waals surface area contributed by atoms with E-state index >= 15 is 0 Å². The van der Waals surface area contributed by atoms with Crippen LogP contribution >= 0.6 is 15.9 Å². The van der Waals surface area contributed by atoms with Crippen LogP contribution in [0.15, 0.2) is 27.6 Å². The highest BCUT2D eigenvalue weighted by Crippen LogP contribution is 2.27. The summed E-state index contributed by atoms with van der Waals surface area (Å²) >= 11 is 3.12. The van der Waals surface area contributed by atoms with Crippen molar-refractivity contribution in [3.63, 3.8) is 0 Å². The van der Waals surface area contributed by atoms with Crippen molar-refractivity contribution in [3.05, 3.63) is 28.5 Å². The lowest BCUT2D eigenvalue weighted by Crippen LogP contribution is -2.43. The van der Waals surface area contributed by atoms with Crippen LogP contribution in [0, 0.1) is 5.82 Å². The van der Waals surface area contributed by atoms with Crippen molar-refractivity contribution in [2.45, 2.75) is 23.8 Å². The second-order valence-electron chi connectivity index (χ2n) is 4.58. The van der Waals surface area contributed by atoms with Gasteiger partial charge in [-0.1, -0.05) is 0 Å². The Kier molecular flexibility index (Phi) is 4.60. The molecule has 1 aromatic carbocycles. The number of hydrogen-bond donors (Lipinski definition) is 1. The molecule has 0 amide bonds. The SMILES string of the molecule is CN(C1CCNCC1)S(=O)(=O)c1ccc(F)cc1Br. The summed E-state index contributed by atoms with van der Waals surface area (Å²) in [5, 5.41) is 3.20. The van der Waals surface area contributed by atoms with Crippen LogP contribution in [0.4, 0.5) is 4.39 Å². The van der Waals surface area contributed by atoms with Crippen LogP contribution in [0.2, 0.25) is 0 Å². The largest absolute Gasteiger partial charge is 0.317 e. The highest BCUT2D eigenvalue weighted by atomic mass is 79.9. The highest BCUT2D eigenvalue weighted by Gasteiger charge is 2.30. The van der Waals surface area contributed by atoms with E-state index in [0.29, 0.717) is 0 Å². The summed E-state index contributed by atoms with van der Waals surface area (Å²) in [6.07, 6.45) is 1.57. The third kappa shape index (κ3) is 3.16. The predicted molar refractivity (Wildman–Crippen MR) is 74.9 cm³/mol. The van der Waals surface area contributed by atoms with Crippen molar-refractivity contribution in [2.75, 3.05) is 20.1 Å². The molecule has 1 aliphatic rings. The van der Waals surface area contributed by atoms with E-state index in [1.165, 1.54) is 16.4 Å². The van der Waals surface area contributed by atoms with Gasteiger partial charge in [0.2, 0.25) is 10.0 Å². The molecule has 1 aliphatic heterocycles. The van der Waals surface area contributed by atoms with E-state index in [0.717, 1.165) is 32.0 Å². The lowest BCUT2D eigenvalue weighted by Gasteiger charge is -2.31. The fourth-order valence-electron chi connectivity index (χ4n) is 2.21. The number of sulfonamides is 1. The van der Waals surface area contributed by atoms with Gasteiger partial charge in [-0.3, -0.25) is 0 Å². The molecule has 1 aromatic rings. The minimum atomic E-state index is -3.59. The Balaban J connectivity index is 2.30. The molecule has 106 valence electrons. The van der Waals surface area contributed by atoms with Gasteiger partial charge < -0.3 is 5.32 Å². The van der Waals surface area contributed by atoms with Gasteiger partial charge in [0.25, 0.3) is 0 Å². The van der Waals surface area contributed by atoms with Crippen molar-refractivity contribution in [1.82, 2.24) is 9.62 Å². The standard InChI is InChI=1S/C12H16BrFN2O2S/c1-16(10-4-6-15-7-5-10)19(17,18)12-3-2-9(14)8-11(12)13/h2-3,8,10,15H,4-7H2,1H3. The molecular formula is C12H16BrFN2O2S. The molecule has 4 nitrogen and oxygen atoms in total. The van der Waals surface area contributed by atoms with Crippen molar-refractivity contribution >= 4 is 26.0 Å². The van der Waals surface area contributed by atoms with Crippen molar-refractivity contribution in [3.8, 4) is 0 Å². The molecule has 0 atom stereocenters. The van der Waals surface area contributed by atoms with Gasteiger partial charge in [-0.15, -0.1) is 0 Å². The zero-order valence-corrected chi connectivity index (χ0v) is 13.0. The van der Waals surface area contributed by atoms with Gasteiger partial charge in [-0.2, -0.15) is 4.31 Å². The molecule has 0 unspecified atom stereocenters. The Morgan fingerprint density at radius 2 is 2.00 bits per heavy atom. The van der Waals surface area contributed by atoms with Gasteiger partial charge in [-0.05, 0) is 60.1 Å². The Morgan fingerprint density at radius 3 is 2.58 bits per heavy atom. The first-order chi connectivity index (χ1) is 8.93. The molecule has 0 aliphatic carbocycles. The van der Waals surface area contributed by atoms with E-state index in [9.17, 15) is 12.8 Å². The van der Waals surface area contributed by atoms with E-state index < -0.39 is 15.8 Å². The predicted octanol–water partition coefficient (Wildman–Crippen LogP) is 1.96. The summed E-state index contributed by atoms with van der Waals surface area (Å²) in [7, 11) is -2.01. The Bertz CT molecular complexity index is 559. The Morgan fingerprint density at radius 1 is 1.37 bits per heavy atom. The van der Waals surface area contributed by atoms with Gasteiger partial charge in [0, 0.05) is 17.6 Å². The van der Waals surface area contributed by atoms with Crippen LogP contribution in [0.25, 0.3) is 0 Å². The third-order valence-electron chi connectivity index (χ3n) is 3.37. The van der Waals surface area contributed by atoms with Gasteiger partial charge in [0.15, 0.2) is 0 Å². The molecule has 0 radical (unpaired) electrons. The first kappa shape index (κ1) is 14.9. The van der Waals surface area contributed by atoms with Crippen molar-refractivity contribution < 1.29 is 12.8 Å². The van der Waals surface area contributed by atoms with Crippen LogP contribution in [0.5, 0.6) is 0 Å². The average molecular weight is 351 g/mol. The van der Waals surface area contributed by atoms with Gasteiger partial charge >= 0.3 is 0 Å². The van der Waals surface area contributed by atoms with Crippen LogP contribution in [0.3, 0.4) is 0 Å². The number of benzene rings is 1. The zero-order chi connectivity index (χ0) is 14.0. The van der Waals surface area contributed by atoms with E-state index in [1.807, 2.05) is 0 Å². The summed E-state index contributed by atoms with van der Waals surface area (Å²) < 4.78 is 39.7. The van der Waals surface area contributed by atoms with Gasteiger partial charge in [-0.25, -0.2) is 12.8 Å². The lowest BCUT2D eigenvalue weighted by molar-refractivity contribution is 0.296. The van der Waals surface area contributed by atoms with Crippen LogP contribution in [-0.4, -0.2) is 38.9 Å². The molecular weight excluding hydrogens is 335 g/mol. The maximum absolute atomic E-state index is 13.0. The molecule has 1 N–H and O–H groups in total. The topological polar surface area (TPSA) is 49.4 Å². The van der Waals surface area contributed by atoms with Gasteiger partial charge in [0.05, 0.1) is 4.90 Å². The minimum absolute atomic E-state index is 0.0109. The van der Waals surface area contributed by atoms with E-state index in [1.54, 1.807) is 7.05 Å². The maximum atomic E-state index is 13.0. The third-order valence-corrected chi connectivity index (χ3v) is 6.26. The fraction of sp³-hybridized carbons (Fsp3) is 0.500. The fourth-order valence-corrected chi connectivity index (χ4v) is 4.63. The minimum Gasteiger partial charge on any atom is -0.317 e. The maximum Gasteiger partial charge on any atom is 0.244 e. The second kappa shape index (κ2) is 5.87. The molecule has 7 heteroatoms.